The first-order chi connectivity index (χ1) is 12.4. The Kier molecular flexibility index (Phi) is 5.05. The highest BCUT2D eigenvalue weighted by Gasteiger charge is 2.28. The zero-order chi connectivity index (χ0) is 18.7. The number of benzene rings is 1. The molecule has 0 bridgehead atoms. The molecule has 26 heavy (non-hydrogen) atoms. The molecule has 1 aromatic carbocycles. The van der Waals surface area contributed by atoms with Gasteiger partial charge in [-0.3, -0.25) is 9.59 Å². The van der Waals surface area contributed by atoms with E-state index in [1.807, 2.05) is 6.07 Å². The Balaban J connectivity index is 1.85. The molecule has 0 spiro atoms. The maximum Gasteiger partial charge on any atom is 0.291 e. The average molecular weight is 375 g/mol. The SMILES string of the molecule is CS(=O)(=O)N1CCN(C(=O)c2nc(C=O)nc(-c3ccccc3)n2)CC1. The summed E-state index contributed by atoms with van der Waals surface area (Å²) in [5.41, 5.74) is 0.661. The fourth-order valence-corrected chi connectivity index (χ4v) is 3.45. The van der Waals surface area contributed by atoms with Gasteiger partial charge in [0.1, 0.15) is 0 Å². The molecule has 1 aliphatic heterocycles. The molecule has 0 aliphatic carbocycles. The summed E-state index contributed by atoms with van der Waals surface area (Å²) in [7, 11) is -3.29. The van der Waals surface area contributed by atoms with Gasteiger partial charge in [-0.05, 0) is 0 Å². The Morgan fingerprint density at radius 1 is 1.04 bits per heavy atom. The van der Waals surface area contributed by atoms with E-state index in [0.29, 0.717) is 11.8 Å². The maximum absolute atomic E-state index is 12.7. The number of carbonyl (C=O) groups excluding carboxylic acids is 2. The van der Waals surface area contributed by atoms with Crippen LogP contribution in [0.15, 0.2) is 30.3 Å². The zero-order valence-electron chi connectivity index (χ0n) is 14.1. The van der Waals surface area contributed by atoms with Crippen molar-refractivity contribution in [2.24, 2.45) is 0 Å². The van der Waals surface area contributed by atoms with Crippen LogP contribution in [0, 0.1) is 0 Å². The van der Waals surface area contributed by atoms with Gasteiger partial charge >= 0.3 is 0 Å². The van der Waals surface area contributed by atoms with E-state index in [2.05, 4.69) is 15.0 Å². The minimum absolute atomic E-state index is 0.128. The number of aldehydes is 1. The third-order valence-electron chi connectivity index (χ3n) is 3.98. The Hall–Kier alpha value is -2.72. The molecule has 3 rings (SSSR count). The molecule has 1 fully saturated rings. The smallest absolute Gasteiger partial charge is 0.291 e. The number of hydrogen-bond acceptors (Lipinski definition) is 7. The van der Waals surface area contributed by atoms with Gasteiger partial charge in [0, 0.05) is 31.7 Å². The Morgan fingerprint density at radius 2 is 1.69 bits per heavy atom. The molecule has 0 radical (unpaired) electrons. The van der Waals surface area contributed by atoms with Gasteiger partial charge in [0.05, 0.1) is 6.26 Å². The molecule has 1 saturated heterocycles. The summed E-state index contributed by atoms with van der Waals surface area (Å²) < 4.78 is 24.5. The molecular weight excluding hydrogens is 358 g/mol. The third kappa shape index (κ3) is 3.92. The van der Waals surface area contributed by atoms with E-state index < -0.39 is 15.9 Å². The standard InChI is InChI=1S/C16H17N5O4S/c1-26(24,25)21-9-7-20(8-10-21)16(23)15-18-13(11-22)17-14(19-15)12-5-3-2-4-6-12/h2-6,11H,7-10H2,1H3. The normalized spacial score (nSPS) is 15.7. The van der Waals surface area contributed by atoms with Gasteiger partial charge in [-0.2, -0.15) is 4.31 Å². The van der Waals surface area contributed by atoms with Crippen LogP contribution in [-0.2, 0) is 10.0 Å². The van der Waals surface area contributed by atoms with Gasteiger partial charge < -0.3 is 4.90 Å². The van der Waals surface area contributed by atoms with E-state index in [-0.39, 0.29) is 43.7 Å². The van der Waals surface area contributed by atoms with Crippen molar-refractivity contribution < 1.29 is 18.0 Å². The summed E-state index contributed by atoms with van der Waals surface area (Å²) >= 11 is 0. The number of sulfonamides is 1. The van der Waals surface area contributed by atoms with Crippen molar-refractivity contribution in [2.75, 3.05) is 32.4 Å². The molecule has 0 N–H and O–H groups in total. The lowest BCUT2D eigenvalue weighted by Gasteiger charge is -2.32. The highest BCUT2D eigenvalue weighted by Crippen LogP contribution is 2.15. The van der Waals surface area contributed by atoms with Gasteiger partial charge in [0.15, 0.2) is 17.9 Å². The highest BCUT2D eigenvalue weighted by molar-refractivity contribution is 7.88. The molecule has 0 atom stereocenters. The van der Waals surface area contributed by atoms with Crippen molar-refractivity contribution in [1.29, 1.82) is 0 Å². The van der Waals surface area contributed by atoms with Gasteiger partial charge in [0.2, 0.25) is 15.8 Å². The van der Waals surface area contributed by atoms with Crippen LogP contribution < -0.4 is 0 Å². The molecule has 1 aliphatic rings. The fourth-order valence-electron chi connectivity index (χ4n) is 2.62. The summed E-state index contributed by atoms with van der Waals surface area (Å²) in [6, 6.07) is 8.96. The molecule has 0 saturated carbocycles. The summed E-state index contributed by atoms with van der Waals surface area (Å²) in [5.74, 6) is -0.479. The number of rotatable bonds is 4. The first kappa shape index (κ1) is 18.1. The van der Waals surface area contributed by atoms with E-state index in [0.717, 1.165) is 6.26 Å². The molecule has 1 aromatic heterocycles. The van der Waals surface area contributed by atoms with Crippen LogP contribution in [0.2, 0.25) is 0 Å². The lowest BCUT2D eigenvalue weighted by molar-refractivity contribution is 0.0685. The van der Waals surface area contributed by atoms with Crippen LogP contribution in [0.4, 0.5) is 0 Å². The third-order valence-corrected chi connectivity index (χ3v) is 5.28. The number of nitrogens with zero attached hydrogens (tertiary/aromatic N) is 5. The van der Waals surface area contributed by atoms with Crippen molar-refractivity contribution in [3.8, 4) is 11.4 Å². The van der Waals surface area contributed by atoms with Crippen LogP contribution in [0.25, 0.3) is 11.4 Å². The van der Waals surface area contributed by atoms with Crippen molar-refractivity contribution in [1.82, 2.24) is 24.2 Å². The molecule has 2 heterocycles. The molecule has 136 valence electrons. The van der Waals surface area contributed by atoms with Gasteiger partial charge in [0.25, 0.3) is 5.91 Å². The minimum atomic E-state index is -3.29. The van der Waals surface area contributed by atoms with Crippen LogP contribution in [0.1, 0.15) is 21.2 Å². The highest BCUT2D eigenvalue weighted by atomic mass is 32.2. The van der Waals surface area contributed by atoms with E-state index in [9.17, 15) is 18.0 Å². The van der Waals surface area contributed by atoms with Crippen LogP contribution in [0.3, 0.4) is 0 Å². The van der Waals surface area contributed by atoms with Crippen molar-refractivity contribution in [2.45, 2.75) is 0 Å². The Morgan fingerprint density at radius 3 is 2.27 bits per heavy atom. The molecule has 0 unspecified atom stereocenters. The fraction of sp³-hybridized carbons (Fsp3) is 0.312. The van der Waals surface area contributed by atoms with Crippen LogP contribution in [0.5, 0.6) is 0 Å². The molecule has 10 heteroatoms. The number of piperazine rings is 1. The Labute approximate surface area is 150 Å². The predicted molar refractivity (Wildman–Crippen MR) is 93.0 cm³/mol. The van der Waals surface area contributed by atoms with Crippen molar-refractivity contribution in [3.63, 3.8) is 0 Å². The maximum atomic E-state index is 12.7. The van der Waals surface area contributed by atoms with Gasteiger partial charge in [-0.25, -0.2) is 23.4 Å². The Bertz CT molecular complexity index is 925. The summed E-state index contributed by atoms with van der Waals surface area (Å²) in [6.07, 6.45) is 1.60. The second-order valence-electron chi connectivity index (χ2n) is 5.78. The first-order valence-electron chi connectivity index (χ1n) is 7.89. The second kappa shape index (κ2) is 7.26. The lowest BCUT2D eigenvalue weighted by atomic mass is 10.2. The van der Waals surface area contributed by atoms with E-state index in [1.165, 1.54) is 9.21 Å². The monoisotopic (exact) mass is 375 g/mol. The molecule has 1 amide bonds. The molecule has 9 nitrogen and oxygen atoms in total. The molecule has 2 aromatic rings. The zero-order valence-corrected chi connectivity index (χ0v) is 14.9. The minimum Gasteiger partial charge on any atom is -0.333 e. The number of aromatic nitrogens is 3. The van der Waals surface area contributed by atoms with Crippen LogP contribution in [-0.4, -0.2) is 77.2 Å². The number of amides is 1. The topological polar surface area (TPSA) is 113 Å². The number of carbonyl (C=O) groups is 2. The largest absolute Gasteiger partial charge is 0.333 e. The summed E-state index contributed by atoms with van der Waals surface area (Å²) in [4.78, 5) is 37.5. The van der Waals surface area contributed by atoms with E-state index in [1.54, 1.807) is 24.3 Å². The average Bonchev–Trinajstić information content (AvgIpc) is 2.67. The van der Waals surface area contributed by atoms with E-state index in [4.69, 9.17) is 0 Å². The summed E-state index contributed by atoms with van der Waals surface area (Å²) in [6.45, 7) is 0.882. The quantitative estimate of drug-likeness (QED) is 0.695. The second-order valence-corrected chi connectivity index (χ2v) is 7.76. The van der Waals surface area contributed by atoms with Gasteiger partial charge in [-0.15, -0.1) is 0 Å². The van der Waals surface area contributed by atoms with Gasteiger partial charge in [-0.1, -0.05) is 30.3 Å². The lowest BCUT2D eigenvalue weighted by Crippen LogP contribution is -2.50. The summed E-state index contributed by atoms with van der Waals surface area (Å²) in [5, 5.41) is 0. The first-order valence-corrected chi connectivity index (χ1v) is 9.74. The van der Waals surface area contributed by atoms with Crippen molar-refractivity contribution >= 4 is 22.2 Å². The van der Waals surface area contributed by atoms with Crippen molar-refractivity contribution in [3.05, 3.63) is 42.0 Å². The molecular formula is C16H17N5O4S. The van der Waals surface area contributed by atoms with Crippen LogP contribution >= 0.6 is 0 Å². The number of hydrogen-bond donors (Lipinski definition) is 0. The van der Waals surface area contributed by atoms with E-state index >= 15 is 0 Å². The predicted octanol–water partition coefficient (Wildman–Crippen LogP) is 0.0685.